The largest absolute Gasteiger partial charge is 0.354 e. The van der Waals surface area contributed by atoms with Gasteiger partial charge in [0.1, 0.15) is 12.1 Å². The van der Waals surface area contributed by atoms with Crippen LogP contribution in [0.15, 0.2) is 29.1 Å². The average Bonchev–Trinajstić information content (AvgIpc) is 2.60. The summed E-state index contributed by atoms with van der Waals surface area (Å²) in [6, 6.07) is 7.00. The summed E-state index contributed by atoms with van der Waals surface area (Å²) in [5.41, 5.74) is 0.258. The number of benzene rings is 1. The number of nitrogens with zero attached hydrogens (tertiary/aromatic N) is 3. The van der Waals surface area contributed by atoms with Crippen molar-refractivity contribution in [2.24, 2.45) is 0 Å². The van der Waals surface area contributed by atoms with Gasteiger partial charge in [0.15, 0.2) is 0 Å². The molecule has 6 heteroatoms. The number of aromatic nitrogens is 3. The van der Waals surface area contributed by atoms with E-state index in [0.717, 1.165) is 17.5 Å². The molecule has 0 atom stereocenters. The van der Waals surface area contributed by atoms with E-state index in [1.165, 1.54) is 32.1 Å². The first-order chi connectivity index (χ1) is 11.7. The van der Waals surface area contributed by atoms with Gasteiger partial charge in [0.05, 0.1) is 5.39 Å². The minimum absolute atomic E-state index is 0.0901. The lowest BCUT2D eigenvalue weighted by molar-refractivity contribution is -0.121. The maximum atomic E-state index is 12.2. The predicted molar refractivity (Wildman–Crippen MR) is 94.8 cm³/mol. The van der Waals surface area contributed by atoms with Gasteiger partial charge in [0.2, 0.25) is 5.91 Å². The normalized spacial score (nSPS) is 10.9. The summed E-state index contributed by atoms with van der Waals surface area (Å²) in [5.74, 6) is -0.201. The highest BCUT2D eigenvalue weighted by Gasteiger charge is 2.08. The second-order valence-corrected chi connectivity index (χ2v) is 6.04. The molecule has 1 heterocycles. The number of unbranched alkanes of at least 4 members (excludes halogenated alkanes) is 6. The zero-order chi connectivity index (χ0) is 17.2. The van der Waals surface area contributed by atoms with Crippen molar-refractivity contribution in [2.45, 2.75) is 58.4 Å². The Kier molecular flexibility index (Phi) is 7.39. The van der Waals surface area contributed by atoms with Crippen LogP contribution in [-0.2, 0) is 11.3 Å². The lowest BCUT2D eigenvalue weighted by Gasteiger charge is -2.07. The number of hydrogen-bond donors (Lipinski definition) is 1. The molecular weight excluding hydrogens is 304 g/mol. The summed E-state index contributed by atoms with van der Waals surface area (Å²) in [5, 5.41) is 11.1. The fourth-order valence-electron chi connectivity index (χ4n) is 2.63. The highest BCUT2D eigenvalue weighted by molar-refractivity contribution is 5.78. The molecule has 0 aliphatic carbocycles. The smallest absolute Gasteiger partial charge is 0.278 e. The van der Waals surface area contributed by atoms with Gasteiger partial charge in [0.25, 0.3) is 5.56 Å². The molecular formula is C18H26N4O2. The number of fused-ring (bicyclic) bond motifs is 1. The fourth-order valence-corrected chi connectivity index (χ4v) is 2.63. The Balaban J connectivity index is 1.73. The molecule has 0 fully saturated rings. The molecule has 0 radical (unpaired) electrons. The molecule has 0 saturated heterocycles. The standard InChI is InChI=1S/C18H26N4O2/c1-2-3-4-5-6-7-10-13-19-17(23)14-22-18(24)15-11-8-9-12-16(15)20-21-22/h8-9,11-12H,2-7,10,13-14H2,1H3,(H,19,23). The lowest BCUT2D eigenvalue weighted by atomic mass is 10.1. The molecule has 0 aliphatic rings. The van der Waals surface area contributed by atoms with Crippen LogP contribution >= 0.6 is 0 Å². The van der Waals surface area contributed by atoms with Gasteiger partial charge in [-0.15, -0.1) is 5.10 Å². The van der Waals surface area contributed by atoms with Gasteiger partial charge in [-0.25, -0.2) is 4.68 Å². The van der Waals surface area contributed by atoms with E-state index in [1.54, 1.807) is 24.3 Å². The van der Waals surface area contributed by atoms with E-state index in [9.17, 15) is 9.59 Å². The molecule has 0 aliphatic heterocycles. The highest BCUT2D eigenvalue weighted by Crippen LogP contribution is 2.06. The molecule has 1 N–H and O–H groups in total. The van der Waals surface area contributed by atoms with E-state index < -0.39 is 0 Å². The minimum atomic E-state index is -0.285. The van der Waals surface area contributed by atoms with Gasteiger partial charge in [-0.05, 0) is 18.6 Å². The first-order valence-corrected chi connectivity index (χ1v) is 8.81. The minimum Gasteiger partial charge on any atom is -0.354 e. The molecule has 6 nitrogen and oxygen atoms in total. The quantitative estimate of drug-likeness (QED) is 0.679. The van der Waals surface area contributed by atoms with Crippen LogP contribution in [0.3, 0.4) is 0 Å². The van der Waals surface area contributed by atoms with Crippen molar-refractivity contribution in [3.8, 4) is 0 Å². The van der Waals surface area contributed by atoms with Crippen LogP contribution in [-0.4, -0.2) is 27.4 Å². The van der Waals surface area contributed by atoms with Crippen LogP contribution < -0.4 is 10.9 Å². The highest BCUT2D eigenvalue weighted by atomic mass is 16.2. The van der Waals surface area contributed by atoms with E-state index in [-0.39, 0.29) is 18.0 Å². The molecule has 0 bridgehead atoms. The van der Waals surface area contributed by atoms with Gasteiger partial charge >= 0.3 is 0 Å². The van der Waals surface area contributed by atoms with Crippen LogP contribution in [0.5, 0.6) is 0 Å². The number of carbonyl (C=O) groups excluding carboxylic acids is 1. The molecule has 0 unspecified atom stereocenters. The topological polar surface area (TPSA) is 76.9 Å². The monoisotopic (exact) mass is 330 g/mol. The predicted octanol–water partition coefficient (Wildman–Crippen LogP) is 2.66. The number of rotatable bonds is 10. The van der Waals surface area contributed by atoms with Crippen LogP contribution in [0, 0.1) is 0 Å². The van der Waals surface area contributed by atoms with E-state index in [4.69, 9.17) is 0 Å². The molecule has 0 saturated carbocycles. The fraction of sp³-hybridized carbons (Fsp3) is 0.556. The third kappa shape index (κ3) is 5.44. The Morgan fingerprint density at radius 1 is 1.08 bits per heavy atom. The molecule has 2 rings (SSSR count). The van der Waals surface area contributed by atoms with E-state index in [0.29, 0.717) is 17.4 Å². The second kappa shape index (κ2) is 9.80. The average molecular weight is 330 g/mol. The molecule has 1 aromatic heterocycles. The van der Waals surface area contributed by atoms with Crippen LogP contribution in [0.2, 0.25) is 0 Å². The first-order valence-electron chi connectivity index (χ1n) is 8.81. The van der Waals surface area contributed by atoms with Gasteiger partial charge in [-0.1, -0.05) is 62.8 Å². The summed E-state index contributed by atoms with van der Waals surface area (Å²) in [6.45, 7) is 2.76. The maximum Gasteiger partial charge on any atom is 0.278 e. The summed E-state index contributed by atoms with van der Waals surface area (Å²) in [4.78, 5) is 24.2. The van der Waals surface area contributed by atoms with Crippen molar-refractivity contribution in [1.82, 2.24) is 20.3 Å². The van der Waals surface area contributed by atoms with E-state index >= 15 is 0 Å². The Labute approximate surface area is 142 Å². The second-order valence-electron chi connectivity index (χ2n) is 6.04. The zero-order valence-corrected chi connectivity index (χ0v) is 14.3. The molecule has 24 heavy (non-hydrogen) atoms. The van der Waals surface area contributed by atoms with Crippen LogP contribution in [0.25, 0.3) is 10.9 Å². The summed E-state index contributed by atoms with van der Waals surface area (Å²) in [6.07, 6.45) is 8.43. The number of nitrogens with one attached hydrogen (secondary N) is 1. The first kappa shape index (κ1) is 18.1. The van der Waals surface area contributed by atoms with Crippen molar-refractivity contribution in [3.05, 3.63) is 34.6 Å². The number of carbonyl (C=O) groups is 1. The van der Waals surface area contributed by atoms with Crippen molar-refractivity contribution in [3.63, 3.8) is 0 Å². The van der Waals surface area contributed by atoms with Crippen LogP contribution in [0.1, 0.15) is 51.9 Å². The maximum absolute atomic E-state index is 12.2. The molecule has 1 aromatic carbocycles. The summed E-state index contributed by atoms with van der Waals surface area (Å²) in [7, 11) is 0. The van der Waals surface area contributed by atoms with Gasteiger partial charge in [-0.3, -0.25) is 9.59 Å². The summed E-state index contributed by atoms with van der Waals surface area (Å²) >= 11 is 0. The van der Waals surface area contributed by atoms with Crippen molar-refractivity contribution in [2.75, 3.05) is 6.54 Å². The Morgan fingerprint density at radius 2 is 1.79 bits per heavy atom. The lowest BCUT2D eigenvalue weighted by Crippen LogP contribution is -2.34. The Bertz CT molecular complexity index is 711. The Morgan fingerprint density at radius 3 is 2.58 bits per heavy atom. The SMILES string of the molecule is CCCCCCCCCNC(=O)Cn1nnc2ccccc2c1=O. The third-order valence-corrected chi connectivity index (χ3v) is 4.03. The van der Waals surface area contributed by atoms with E-state index in [2.05, 4.69) is 22.6 Å². The van der Waals surface area contributed by atoms with Gasteiger partial charge < -0.3 is 5.32 Å². The van der Waals surface area contributed by atoms with E-state index in [1.807, 2.05) is 0 Å². The zero-order valence-electron chi connectivity index (χ0n) is 14.3. The van der Waals surface area contributed by atoms with Gasteiger partial charge in [-0.2, -0.15) is 0 Å². The molecule has 2 aromatic rings. The van der Waals surface area contributed by atoms with Crippen molar-refractivity contribution in [1.29, 1.82) is 0 Å². The number of hydrogen-bond acceptors (Lipinski definition) is 4. The van der Waals surface area contributed by atoms with Gasteiger partial charge in [0, 0.05) is 6.54 Å². The Hall–Kier alpha value is -2.24. The summed E-state index contributed by atoms with van der Waals surface area (Å²) < 4.78 is 1.11. The third-order valence-electron chi connectivity index (χ3n) is 4.03. The van der Waals surface area contributed by atoms with Crippen molar-refractivity contribution >= 4 is 16.8 Å². The van der Waals surface area contributed by atoms with Crippen LogP contribution in [0.4, 0.5) is 0 Å². The van der Waals surface area contributed by atoms with Crippen molar-refractivity contribution < 1.29 is 4.79 Å². The molecule has 0 spiro atoms. The molecule has 1 amide bonds. The molecule has 130 valence electrons. The number of amides is 1.